The Morgan fingerprint density at radius 1 is 1.05 bits per heavy atom. The molecule has 4 rings (SSSR count). The molecule has 0 saturated carbocycles. The number of hydrogen-bond donors (Lipinski definition) is 0. The number of halogens is 3. The predicted molar refractivity (Wildman–Crippen MR) is 131 cm³/mol. The van der Waals surface area contributed by atoms with Crippen LogP contribution in [-0.4, -0.2) is 61.7 Å². The van der Waals surface area contributed by atoms with Crippen molar-refractivity contribution in [2.45, 2.75) is 38.4 Å². The zero-order chi connectivity index (χ0) is 27.0. The lowest BCUT2D eigenvalue weighted by Crippen LogP contribution is -2.51. The molecule has 0 bridgehead atoms. The molecule has 1 atom stereocenters. The molecule has 1 saturated heterocycles. The third kappa shape index (κ3) is 6.63. The van der Waals surface area contributed by atoms with Crippen molar-refractivity contribution >= 4 is 21.7 Å². The van der Waals surface area contributed by atoms with Gasteiger partial charge in [0.1, 0.15) is 21.3 Å². The maximum absolute atomic E-state index is 13.1. The number of carbonyl (C=O) groups excluding carboxylic acids is 2. The van der Waals surface area contributed by atoms with Gasteiger partial charge < -0.3 is 14.5 Å². The van der Waals surface area contributed by atoms with Crippen LogP contribution in [-0.2, 0) is 32.0 Å². The number of benzene rings is 2. The average Bonchev–Trinajstić information content (AvgIpc) is 2.78. The summed E-state index contributed by atoms with van der Waals surface area (Å²) in [5.41, 5.74) is 1.12. The van der Waals surface area contributed by atoms with Crippen LogP contribution in [0.15, 0.2) is 42.5 Å². The van der Waals surface area contributed by atoms with Crippen LogP contribution in [0.4, 0.5) is 13.2 Å². The normalized spacial score (nSPS) is 18.2. The smallest absolute Gasteiger partial charge is 0.416 e. The highest BCUT2D eigenvalue weighted by molar-refractivity contribution is 7.90. The Morgan fingerprint density at radius 3 is 2.30 bits per heavy atom. The molecule has 2 heterocycles. The largest absolute Gasteiger partial charge is 0.457 e. The molecule has 2 aliphatic rings. The summed E-state index contributed by atoms with van der Waals surface area (Å²) in [4.78, 5) is 28.2. The van der Waals surface area contributed by atoms with Crippen LogP contribution in [0.3, 0.4) is 0 Å². The van der Waals surface area contributed by atoms with Gasteiger partial charge in [-0.25, -0.2) is 8.42 Å². The average molecular weight is 539 g/mol. The monoisotopic (exact) mass is 538 g/mol. The maximum Gasteiger partial charge on any atom is 0.416 e. The minimum Gasteiger partial charge on any atom is -0.457 e. The summed E-state index contributed by atoms with van der Waals surface area (Å²) >= 11 is 0. The van der Waals surface area contributed by atoms with Gasteiger partial charge in [-0.2, -0.15) is 13.2 Å². The van der Waals surface area contributed by atoms with E-state index in [0.29, 0.717) is 38.2 Å². The van der Waals surface area contributed by atoms with Crippen LogP contribution in [0.25, 0.3) is 0 Å². The van der Waals surface area contributed by atoms with Gasteiger partial charge in [-0.3, -0.25) is 9.59 Å². The number of fused-ring (bicyclic) bond motifs is 1. The SMILES string of the molecule is CC(=O)N1CC(CC2c3cc(Oc4ccc(C(F)(F)F)cc4)ccc3CCN2C(=O)CCS(C)(=O)=O)C1. The van der Waals surface area contributed by atoms with Gasteiger partial charge in [-0.1, -0.05) is 6.07 Å². The van der Waals surface area contributed by atoms with Crippen molar-refractivity contribution in [3.63, 3.8) is 0 Å². The van der Waals surface area contributed by atoms with Gasteiger partial charge in [0.05, 0.1) is 17.4 Å². The molecule has 11 heteroatoms. The number of carbonyl (C=O) groups is 2. The molecule has 0 aliphatic carbocycles. The van der Waals surface area contributed by atoms with Crippen LogP contribution in [0.2, 0.25) is 0 Å². The number of nitrogens with zero attached hydrogens (tertiary/aromatic N) is 2. The Kier molecular flexibility index (Phi) is 7.55. The zero-order valence-electron chi connectivity index (χ0n) is 20.6. The maximum atomic E-state index is 13.1. The van der Waals surface area contributed by atoms with Gasteiger partial charge in [-0.05, 0) is 66.3 Å². The van der Waals surface area contributed by atoms with E-state index in [1.54, 1.807) is 21.9 Å². The molecule has 1 unspecified atom stereocenters. The van der Waals surface area contributed by atoms with Crippen LogP contribution in [0, 0.1) is 5.92 Å². The number of amides is 2. The van der Waals surface area contributed by atoms with E-state index in [-0.39, 0.29) is 41.7 Å². The summed E-state index contributed by atoms with van der Waals surface area (Å²) in [6.45, 7) is 3.14. The quantitative estimate of drug-likeness (QED) is 0.527. The second-order valence-electron chi connectivity index (χ2n) is 9.74. The van der Waals surface area contributed by atoms with Crippen molar-refractivity contribution in [1.29, 1.82) is 0 Å². The zero-order valence-corrected chi connectivity index (χ0v) is 21.4. The molecule has 2 aromatic carbocycles. The minimum absolute atomic E-state index is 0.00592. The molecule has 7 nitrogen and oxygen atoms in total. The lowest BCUT2D eigenvalue weighted by atomic mass is 9.83. The van der Waals surface area contributed by atoms with Gasteiger partial charge in [0.25, 0.3) is 0 Å². The molecule has 0 N–H and O–H groups in total. The van der Waals surface area contributed by atoms with Gasteiger partial charge in [0, 0.05) is 39.2 Å². The predicted octanol–water partition coefficient (Wildman–Crippen LogP) is 4.23. The standard InChI is InChI=1S/C26H29F3N2O5S/c1-17(32)30-15-18(16-30)13-24-23-14-22(36-21-7-4-20(5-8-21)26(27,28)29)6-3-19(23)9-11-31(24)25(33)10-12-37(2,34)35/h3-8,14,18,24H,9-13,15-16H2,1-2H3. The summed E-state index contributed by atoms with van der Waals surface area (Å²) in [6, 6.07) is 9.53. The van der Waals surface area contributed by atoms with Crippen molar-refractivity contribution in [1.82, 2.24) is 9.80 Å². The summed E-state index contributed by atoms with van der Waals surface area (Å²) in [5, 5.41) is 0. The molecule has 0 aromatic heterocycles. The molecule has 37 heavy (non-hydrogen) atoms. The van der Waals surface area contributed by atoms with E-state index in [0.717, 1.165) is 29.5 Å². The highest BCUT2D eigenvalue weighted by Crippen LogP contribution is 2.40. The molecule has 2 aromatic rings. The molecule has 1 fully saturated rings. The fraction of sp³-hybridized carbons (Fsp3) is 0.462. The fourth-order valence-corrected chi connectivity index (χ4v) is 5.39. The Morgan fingerprint density at radius 2 is 1.70 bits per heavy atom. The van der Waals surface area contributed by atoms with E-state index in [1.165, 1.54) is 19.1 Å². The van der Waals surface area contributed by atoms with E-state index in [1.807, 2.05) is 6.07 Å². The van der Waals surface area contributed by atoms with E-state index in [2.05, 4.69) is 0 Å². The summed E-state index contributed by atoms with van der Waals surface area (Å²) in [7, 11) is -3.30. The van der Waals surface area contributed by atoms with Gasteiger partial charge in [0.15, 0.2) is 0 Å². The summed E-state index contributed by atoms with van der Waals surface area (Å²) in [5.74, 6) is 0.363. The van der Waals surface area contributed by atoms with Crippen LogP contribution < -0.4 is 4.74 Å². The molecule has 0 radical (unpaired) electrons. The molecular formula is C26H29F3N2O5S. The fourth-order valence-electron chi connectivity index (χ4n) is 4.85. The Balaban J connectivity index is 1.57. The first-order valence-corrected chi connectivity index (χ1v) is 14.1. The highest BCUT2D eigenvalue weighted by atomic mass is 32.2. The van der Waals surface area contributed by atoms with Crippen LogP contribution in [0.1, 0.15) is 42.5 Å². The first-order chi connectivity index (χ1) is 17.3. The highest BCUT2D eigenvalue weighted by Gasteiger charge is 2.37. The number of alkyl halides is 3. The van der Waals surface area contributed by atoms with Crippen molar-refractivity contribution < 1.29 is 35.9 Å². The number of rotatable bonds is 7. The van der Waals surface area contributed by atoms with Crippen molar-refractivity contribution in [3.8, 4) is 11.5 Å². The second kappa shape index (κ2) is 10.4. The number of ether oxygens (including phenoxy) is 1. The molecule has 200 valence electrons. The summed E-state index contributed by atoms with van der Waals surface area (Å²) in [6.07, 6.45) is -2.27. The summed E-state index contributed by atoms with van der Waals surface area (Å²) < 4.78 is 67.8. The van der Waals surface area contributed by atoms with Crippen molar-refractivity contribution in [2.24, 2.45) is 5.92 Å². The lowest BCUT2D eigenvalue weighted by molar-refractivity contribution is -0.138. The number of hydrogen-bond acceptors (Lipinski definition) is 5. The minimum atomic E-state index is -4.44. The van der Waals surface area contributed by atoms with Gasteiger partial charge >= 0.3 is 6.18 Å². The Labute approximate surface area is 214 Å². The lowest BCUT2D eigenvalue weighted by Gasteiger charge is -2.44. The van der Waals surface area contributed by atoms with E-state index < -0.39 is 21.6 Å². The number of sulfone groups is 1. The van der Waals surface area contributed by atoms with Crippen molar-refractivity contribution in [3.05, 3.63) is 59.2 Å². The molecule has 2 amide bonds. The molecule has 0 spiro atoms. The van der Waals surface area contributed by atoms with Gasteiger partial charge in [-0.15, -0.1) is 0 Å². The van der Waals surface area contributed by atoms with E-state index in [9.17, 15) is 31.2 Å². The molecular weight excluding hydrogens is 509 g/mol. The third-order valence-corrected chi connectivity index (χ3v) is 7.80. The molecule has 2 aliphatic heterocycles. The van der Waals surface area contributed by atoms with E-state index >= 15 is 0 Å². The Bertz CT molecular complexity index is 1270. The Hall–Kier alpha value is -3.08. The first kappa shape index (κ1) is 27.0. The van der Waals surface area contributed by atoms with E-state index in [4.69, 9.17) is 4.74 Å². The topological polar surface area (TPSA) is 84.0 Å². The van der Waals surface area contributed by atoms with Crippen LogP contribution in [0.5, 0.6) is 11.5 Å². The number of likely N-dealkylation sites (tertiary alicyclic amines) is 1. The first-order valence-electron chi connectivity index (χ1n) is 12.0. The van der Waals surface area contributed by atoms with Crippen molar-refractivity contribution in [2.75, 3.05) is 31.6 Å². The second-order valence-corrected chi connectivity index (χ2v) is 12.0. The third-order valence-electron chi connectivity index (χ3n) is 6.86. The van der Waals surface area contributed by atoms with Crippen LogP contribution >= 0.6 is 0 Å². The van der Waals surface area contributed by atoms with Gasteiger partial charge in [0.2, 0.25) is 11.8 Å².